The van der Waals surface area contributed by atoms with Gasteiger partial charge in [-0.1, -0.05) is 24.3 Å². The number of Topliss-reactive ketones (excluding diaryl/α,β-unsaturated/α-hetero) is 1. The van der Waals surface area contributed by atoms with E-state index in [1.54, 1.807) is 12.4 Å². The number of aryl methyl sites for hydroxylation is 1. The van der Waals surface area contributed by atoms with Crippen LogP contribution in [0.3, 0.4) is 0 Å². The van der Waals surface area contributed by atoms with Crippen LogP contribution < -0.4 is 4.90 Å². The summed E-state index contributed by atoms with van der Waals surface area (Å²) < 4.78 is 5.34. The van der Waals surface area contributed by atoms with Crippen molar-refractivity contribution in [3.63, 3.8) is 0 Å². The minimum atomic E-state index is 0.120. The van der Waals surface area contributed by atoms with E-state index >= 15 is 0 Å². The second-order valence-corrected chi connectivity index (χ2v) is 6.07. The molecule has 0 N–H and O–H groups in total. The lowest BCUT2D eigenvalue weighted by Gasteiger charge is -2.26. The predicted octanol–water partition coefficient (Wildman–Crippen LogP) is 2.53. The Hall–Kier alpha value is -2.53. The highest BCUT2D eigenvalue weighted by atomic mass is 16.5. The summed E-state index contributed by atoms with van der Waals surface area (Å²) in [4.78, 5) is 23.6. The molecule has 1 aliphatic heterocycles. The Morgan fingerprint density at radius 2 is 1.79 bits per heavy atom. The maximum Gasteiger partial charge on any atom is 0.225 e. The van der Waals surface area contributed by atoms with E-state index in [0.29, 0.717) is 13.2 Å². The van der Waals surface area contributed by atoms with Gasteiger partial charge < -0.3 is 9.64 Å². The largest absolute Gasteiger partial charge is 0.378 e. The Morgan fingerprint density at radius 3 is 2.58 bits per heavy atom. The number of carbonyl (C=O) groups excluding carboxylic acids is 1. The van der Waals surface area contributed by atoms with Crippen molar-refractivity contribution in [1.29, 1.82) is 0 Å². The van der Waals surface area contributed by atoms with Crippen LogP contribution in [-0.4, -0.2) is 42.1 Å². The van der Waals surface area contributed by atoms with E-state index in [4.69, 9.17) is 4.74 Å². The molecule has 0 atom stereocenters. The van der Waals surface area contributed by atoms with Gasteiger partial charge in [0, 0.05) is 42.2 Å². The molecule has 0 radical (unpaired) electrons. The van der Waals surface area contributed by atoms with Crippen molar-refractivity contribution < 1.29 is 9.53 Å². The zero-order valence-electron chi connectivity index (χ0n) is 13.4. The summed E-state index contributed by atoms with van der Waals surface area (Å²) in [5.41, 5.74) is 3.66. The summed E-state index contributed by atoms with van der Waals surface area (Å²) in [6.45, 7) is 3.05. The van der Waals surface area contributed by atoms with Gasteiger partial charge in [0.25, 0.3) is 0 Å². The number of morpholine rings is 1. The maximum absolute atomic E-state index is 12.6. The lowest BCUT2D eigenvalue weighted by atomic mass is 9.86. The van der Waals surface area contributed by atoms with E-state index in [9.17, 15) is 4.79 Å². The number of ketones is 1. The number of hydrogen-bond donors (Lipinski definition) is 0. The molecular weight excluding hydrogens is 302 g/mol. The number of carbonyl (C=O) groups is 1. The average molecular weight is 321 g/mol. The van der Waals surface area contributed by atoms with E-state index in [2.05, 4.69) is 14.9 Å². The zero-order chi connectivity index (χ0) is 16.4. The molecule has 0 saturated carbocycles. The van der Waals surface area contributed by atoms with E-state index in [-0.39, 0.29) is 5.78 Å². The van der Waals surface area contributed by atoms with Gasteiger partial charge in [-0.3, -0.25) is 4.79 Å². The molecule has 1 aromatic heterocycles. The monoisotopic (exact) mass is 321 g/mol. The van der Waals surface area contributed by atoms with Gasteiger partial charge in [0.1, 0.15) is 0 Å². The summed E-state index contributed by atoms with van der Waals surface area (Å²) >= 11 is 0. The molecule has 2 aromatic rings. The molecular formula is C19H19N3O2. The number of aromatic nitrogens is 2. The van der Waals surface area contributed by atoms with E-state index in [1.165, 1.54) is 0 Å². The number of ether oxygens (including phenoxy) is 1. The van der Waals surface area contributed by atoms with Crippen LogP contribution in [0.1, 0.15) is 27.9 Å². The van der Waals surface area contributed by atoms with Gasteiger partial charge in [-0.25, -0.2) is 9.97 Å². The minimum Gasteiger partial charge on any atom is -0.378 e. The normalized spacial score (nSPS) is 19.4. The first-order valence-electron chi connectivity index (χ1n) is 8.29. The van der Waals surface area contributed by atoms with Crippen molar-refractivity contribution in [2.75, 3.05) is 31.2 Å². The van der Waals surface area contributed by atoms with Crippen LogP contribution >= 0.6 is 0 Å². The summed E-state index contributed by atoms with van der Waals surface area (Å²) in [5, 5.41) is 0. The van der Waals surface area contributed by atoms with Crippen LogP contribution in [0.5, 0.6) is 0 Å². The molecule has 1 aromatic carbocycles. The molecule has 5 heteroatoms. The standard InChI is InChI=1S/C19H19N3O2/c23-18-16(6-5-15-3-1-2-4-17(15)18)11-14-12-20-19(21-13-14)22-7-9-24-10-8-22/h1-4,11-13H,5-10H2. The summed E-state index contributed by atoms with van der Waals surface area (Å²) in [6.07, 6.45) is 7.17. The average Bonchev–Trinajstić information content (AvgIpc) is 2.66. The van der Waals surface area contributed by atoms with Crippen LogP contribution in [0.2, 0.25) is 0 Å². The number of fused-ring (bicyclic) bond motifs is 1. The first kappa shape index (κ1) is 15.0. The lowest BCUT2D eigenvalue weighted by Crippen LogP contribution is -2.37. The van der Waals surface area contributed by atoms with Crippen LogP contribution in [0.4, 0.5) is 5.95 Å². The third-order valence-corrected chi connectivity index (χ3v) is 4.51. The molecule has 5 nitrogen and oxygen atoms in total. The Bertz CT molecular complexity index is 777. The number of anilines is 1. The molecule has 2 aliphatic rings. The Balaban J connectivity index is 1.54. The van der Waals surface area contributed by atoms with Crippen molar-refractivity contribution >= 4 is 17.8 Å². The highest BCUT2D eigenvalue weighted by Gasteiger charge is 2.21. The molecule has 2 heterocycles. The SMILES string of the molecule is O=C1C(=Cc2cnc(N3CCOCC3)nc2)CCc2ccccc21. The van der Waals surface area contributed by atoms with Crippen molar-refractivity contribution in [2.24, 2.45) is 0 Å². The van der Waals surface area contributed by atoms with Crippen molar-refractivity contribution in [3.05, 3.63) is 58.9 Å². The smallest absolute Gasteiger partial charge is 0.225 e. The third-order valence-electron chi connectivity index (χ3n) is 4.51. The molecule has 1 saturated heterocycles. The van der Waals surface area contributed by atoms with Gasteiger partial charge in [0.05, 0.1) is 13.2 Å². The lowest BCUT2D eigenvalue weighted by molar-refractivity contribution is 0.102. The Kier molecular flexibility index (Phi) is 4.09. The number of nitrogens with zero attached hydrogens (tertiary/aromatic N) is 3. The molecule has 24 heavy (non-hydrogen) atoms. The number of allylic oxidation sites excluding steroid dienone is 1. The van der Waals surface area contributed by atoms with E-state index in [1.807, 2.05) is 30.3 Å². The molecule has 0 bridgehead atoms. The van der Waals surface area contributed by atoms with Gasteiger partial charge in [-0.05, 0) is 24.5 Å². The molecule has 0 amide bonds. The van der Waals surface area contributed by atoms with Crippen LogP contribution in [-0.2, 0) is 11.2 Å². The van der Waals surface area contributed by atoms with Crippen LogP contribution in [0.25, 0.3) is 6.08 Å². The highest BCUT2D eigenvalue weighted by molar-refractivity contribution is 6.13. The van der Waals surface area contributed by atoms with Crippen molar-refractivity contribution in [2.45, 2.75) is 12.8 Å². The fourth-order valence-electron chi connectivity index (χ4n) is 3.19. The number of hydrogen-bond acceptors (Lipinski definition) is 5. The molecule has 0 unspecified atom stereocenters. The summed E-state index contributed by atoms with van der Waals surface area (Å²) in [7, 11) is 0. The Labute approximate surface area is 141 Å². The van der Waals surface area contributed by atoms with Gasteiger partial charge >= 0.3 is 0 Å². The first-order chi connectivity index (χ1) is 11.8. The fourth-order valence-corrected chi connectivity index (χ4v) is 3.19. The molecule has 1 aliphatic carbocycles. The minimum absolute atomic E-state index is 0.120. The zero-order valence-corrected chi connectivity index (χ0v) is 13.4. The van der Waals surface area contributed by atoms with E-state index in [0.717, 1.165) is 54.1 Å². The van der Waals surface area contributed by atoms with Crippen molar-refractivity contribution in [1.82, 2.24) is 9.97 Å². The quantitative estimate of drug-likeness (QED) is 0.796. The Morgan fingerprint density at radius 1 is 1.04 bits per heavy atom. The van der Waals surface area contributed by atoms with Crippen LogP contribution in [0, 0.1) is 0 Å². The third kappa shape index (κ3) is 2.95. The molecule has 4 rings (SSSR count). The topological polar surface area (TPSA) is 55.3 Å². The summed E-state index contributed by atoms with van der Waals surface area (Å²) in [6, 6.07) is 7.84. The van der Waals surface area contributed by atoms with Gasteiger partial charge in [0.15, 0.2) is 5.78 Å². The molecule has 1 fully saturated rings. The van der Waals surface area contributed by atoms with Gasteiger partial charge in [0.2, 0.25) is 5.95 Å². The second kappa shape index (κ2) is 6.53. The highest BCUT2D eigenvalue weighted by Crippen LogP contribution is 2.26. The van der Waals surface area contributed by atoms with Crippen molar-refractivity contribution in [3.8, 4) is 0 Å². The predicted molar refractivity (Wildman–Crippen MR) is 92.1 cm³/mol. The van der Waals surface area contributed by atoms with Gasteiger partial charge in [-0.15, -0.1) is 0 Å². The number of rotatable bonds is 2. The second-order valence-electron chi connectivity index (χ2n) is 6.07. The first-order valence-corrected chi connectivity index (χ1v) is 8.29. The fraction of sp³-hybridized carbons (Fsp3) is 0.316. The van der Waals surface area contributed by atoms with E-state index < -0.39 is 0 Å². The van der Waals surface area contributed by atoms with Gasteiger partial charge in [-0.2, -0.15) is 0 Å². The summed E-state index contributed by atoms with van der Waals surface area (Å²) in [5.74, 6) is 0.842. The maximum atomic E-state index is 12.6. The van der Waals surface area contributed by atoms with Crippen LogP contribution in [0.15, 0.2) is 42.2 Å². The molecule has 122 valence electrons. The molecule has 0 spiro atoms. The number of benzene rings is 1.